The summed E-state index contributed by atoms with van der Waals surface area (Å²) in [4.78, 5) is 25.0. The molecule has 0 aromatic rings. The summed E-state index contributed by atoms with van der Waals surface area (Å²) < 4.78 is 16.6. The van der Waals surface area contributed by atoms with Crippen LogP contribution in [0, 0.1) is 0 Å². The van der Waals surface area contributed by atoms with E-state index in [4.69, 9.17) is 14.2 Å². The molecule has 0 bridgehead atoms. The molecule has 1 amide bonds. The summed E-state index contributed by atoms with van der Waals surface area (Å²) in [6, 6.07) is -0.845. The van der Waals surface area contributed by atoms with Gasteiger partial charge in [-0.15, -0.1) is 0 Å². The van der Waals surface area contributed by atoms with Gasteiger partial charge < -0.3 is 45.1 Å². The van der Waals surface area contributed by atoms with Gasteiger partial charge in [-0.25, -0.2) is 0 Å². The predicted octanol–water partition coefficient (Wildman–Crippen LogP) is 11.9. The number of allylic oxidation sites excluding steroid dienone is 9. The molecule has 11 nitrogen and oxygen atoms in total. The van der Waals surface area contributed by atoms with Gasteiger partial charge in [0.15, 0.2) is 6.29 Å². The van der Waals surface area contributed by atoms with E-state index in [-0.39, 0.29) is 18.5 Å². The first kappa shape index (κ1) is 63.4. The minimum atomic E-state index is -1.59. The lowest BCUT2D eigenvalue weighted by Gasteiger charge is -2.40. The molecule has 1 aliphatic rings. The van der Waals surface area contributed by atoms with Crippen molar-refractivity contribution in [1.29, 1.82) is 0 Å². The van der Waals surface area contributed by atoms with Crippen LogP contribution in [-0.2, 0) is 23.8 Å². The molecule has 1 fully saturated rings. The molecule has 0 aliphatic carbocycles. The summed E-state index contributed by atoms with van der Waals surface area (Å²) in [5.74, 6) is -0.241. The van der Waals surface area contributed by atoms with E-state index >= 15 is 0 Å². The maximum absolute atomic E-state index is 13.0. The zero-order valence-corrected chi connectivity index (χ0v) is 43.0. The molecule has 68 heavy (non-hydrogen) atoms. The van der Waals surface area contributed by atoms with E-state index in [0.29, 0.717) is 25.9 Å². The Bertz CT molecular complexity index is 1310. The van der Waals surface area contributed by atoms with E-state index in [2.05, 4.69) is 67.8 Å². The number of amides is 1. The van der Waals surface area contributed by atoms with Gasteiger partial charge in [0.2, 0.25) is 5.91 Å². The Morgan fingerprint density at radius 3 is 1.51 bits per heavy atom. The minimum absolute atomic E-state index is 0.0262. The second-order valence-corrected chi connectivity index (χ2v) is 18.9. The van der Waals surface area contributed by atoms with E-state index in [0.717, 1.165) is 103 Å². The number of carbonyl (C=O) groups excluding carboxylic acids is 2. The van der Waals surface area contributed by atoms with Gasteiger partial charge in [0, 0.05) is 12.8 Å². The van der Waals surface area contributed by atoms with Crippen molar-refractivity contribution in [2.24, 2.45) is 0 Å². The first-order valence-electron chi connectivity index (χ1n) is 27.6. The SMILES string of the molecule is CCC/C=C/CC/C=C/CC/C=C/C(O)C(COC1OC(CO)C(O)C(O)C1O)NC(=O)CCCCCCC/C=C\CCCCCCCCCCCOC(=O)CCCCCCC/C=C\CCCC. The average molecular weight is 960 g/mol. The quantitative estimate of drug-likeness (QED) is 0.0196. The van der Waals surface area contributed by atoms with E-state index in [9.17, 15) is 35.1 Å². The Labute approximate surface area is 414 Å². The van der Waals surface area contributed by atoms with Crippen LogP contribution in [-0.4, -0.2) is 100 Å². The Morgan fingerprint density at radius 1 is 0.529 bits per heavy atom. The Morgan fingerprint density at radius 2 is 0.985 bits per heavy atom. The number of carbonyl (C=O) groups is 2. The number of hydrogen-bond acceptors (Lipinski definition) is 10. The van der Waals surface area contributed by atoms with Gasteiger partial charge in [-0.05, 0) is 96.3 Å². The van der Waals surface area contributed by atoms with Crippen LogP contribution in [0.15, 0.2) is 60.8 Å². The molecule has 6 N–H and O–H groups in total. The van der Waals surface area contributed by atoms with Crippen LogP contribution >= 0.6 is 0 Å². The number of unbranched alkanes of at least 4 members (excludes halogenated alkanes) is 24. The molecule has 7 unspecified atom stereocenters. The number of aliphatic hydroxyl groups excluding tert-OH is 5. The van der Waals surface area contributed by atoms with Gasteiger partial charge >= 0.3 is 5.97 Å². The molecule has 1 saturated heterocycles. The number of aliphatic hydroxyl groups is 5. The molecule has 1 rings (SSSR count). The third kappa shape index (κ3) is 36.3. The van der Waals surface area contributed by atoms with Crippen molar-refractivity contribution < 1.29 is 49.3 Å². The lowest BCUT2D eigenvalue weighted by molar-refractivity contribution is -0.302. The van der Waals surface area contributed by atoms with Gasteiger partial charge in [-0.3, -0.25) is 9.59 Å². The molecule has 7 atom stereocenters. The third-order valence-electron chi connectivity index (χ3n) is 12.5. The highest BCUT2D eigenvalue weighted by Crippen LogP contribution is 2.23. The smallest absolute Gasteiger partial charge is 0.305 e. The maximum Gasteiger partial charge on any atom is 0.305 e. The van der Waals surface area contributed by atoms with E-state index in [1.807, 2.05) is 6.08 Å². The molecule has 11 heteroatoms. The maximum atomic E-state index is 13.0. The summed E-state index contributed by atoms with van der Waals surface area (Å²) in [6.45, 7) is 4.16. The van der Waals surface area contributed by atoms with Crippen molar-refractivity contribution in [3.05, 3.63) is 60.8 Å². The molecule has 1 aliphatic heterocycles. The number of rotatable bonds is 46. The fraction of sp³-hybridized carbons (Fsp3) is 0.789. The molecule has 0 spiro atoms. The fourth-order valence-electron chi connectivity index (χ4n) is 8.09. The highest BCUT2D eigenvalue weighted by molar-refractivity contribution is 5.76. The van der Waals surface area contributed by atoms with Crippen LogP contribution in [0.4, 0.5) is 0 Å². The van der Waals surface area contributed by atoms with Gasteiger partial charge in [-0.1, -0.05) is 177 Å². The van der Waals surface area contributed by atoms with Crippen LogP contribution in [0.1, 0.15) is 226 Å². The number of ether oxygens (including phenoxy) is 3. The van der Waals surface area contributed by atoms with Gasteiger partial charge in [0.25, 0.3) is 0 Å². The number of esters is 1. The molecular weight excluding hydrogens is 859 g/mol. The van der Waals surface area contributed by atoms with Crippen molar-refractivity contribution in [2.75, 3.05) is 19.8 Å². The number of hydrogen-bond donors (Lipinski definition) is 6. The number of nitrogens with one attached hydrogen (secondary N) is 1. The molecule has 0 saturated carbocycles. The highest BCUT2D eigenvalue weighted by atomic mass is 16.7. The van der Waals surface area contributed by atoms with Crippen molar-refractivity contribution >= 4 is 11.9 Å². The predicted molar refractivity (Wildman–Crippen MR) is 278 cm³/mol. The Balaban J connectivity index is 2.13. The second kappa shape index (κ2) is 46.7. The lowest BCUT2D eigenvalue weighted by atomic mass is 9.99. The monoisotopic (exact) mass is 960 g/mol. The summed E-state index contributed by atoms with van der Waals surface area (Å²) in [5, 5.41) is 54.2. The van der Waals surface area contributed by atoms with E-state index in [1.165, 1.54) is 89.9 Å². The highest BCUT2D eigenvalue weighted by Gasteiger charge is 2.44. The lowest BCUT2D eigenvalue weighted by Crippen LogP contribution is -2.60. The molecular formula is C57H101NO10. The van der Waals surface area contributed by atoms with Crippen LogP contribution < -0.4 is 5.32 Å². The van der Waals surface area contributed by atoms with Crippen LogP contribution in [0.5, 0.6) is 0 Å². The zero-order chi connectivity index (χ0) is 49.6. The van der Waals surface area contributed by atoms with Crippen molar-refractivity contribution in [1.82, 2.24) is 5.32 Å². The molecule has 0 aromatic heterocycles. The van der Waals surface area contributed by atoms with Crippen LogP contribution in [0.25, 0.3) is 0 Å². The van der Waals surface area contributed by atoms with Crippen molar-refractivity contribution in [3.63, 3.8) is 0 Å². The van der Waals surface area contributed by atoms with Crippen LogP contribution in [0.3, 0.4) is 0 Å². The Kier molecular flexibility index (Phi) is 43.5. The third-order valence-corrected chi connectivity index (χ3v) is 12.5. The van der Waals surface area contributed by atoms with Gasteiger partial charge in [0.1, 0.15) is 24.4 Å². The van der Waals surface area contributed by atoms with Crippen molar-refractivity contribution in [2.45, 2.75) is 269 Å². The van der Waals surface area contributed by atoms with E-state index < -0.39 is 49.5 Å². The van der Waals surface area contributed by atoms with Gasteiger partial charge in [-0.2, -0.15) is 0 Å². The normalized spacial score (nSPS) is 19.9. The molecule has 1 heterocycles. The average Bonchev–Trinajstić information content (AvgIpc) is 3.33. The van der Waals surface area contributed by atoms with Gasteiger partial charge in [0.05, 0.1) is 32.0 Å². The summed E-state index contributed by atoms with van der Waals surface area (Å²) in [5.41, 5.74) is 0. The van der Waals surface area contributed by atoms with E-state index in [1.54, 1.807) is 6.08 Å². The first-order valence-corrected chi connectivity index (χ1v) is 27.6. The fourth-order valence-corrected chi connectivity index (χ4v) is 8.09. The van der Waals surface area contributed by atoms with Crippen molar-refractivity contribution in [3.8, 4) is 0 Å². The summed E-state index contributed by atoms with van der Waals surface area (Å²) in [6.07, 6.45) is 48.8. The molecule has 0 radical (unpaired) electrons. The van der Waals surface area contributed by atoms with Crippen LogP contribution in [0.2, 0.25) is 0 Å². The molecule has 0 aromatic carbocycles. The molecule has 394 valence electrons. The minimum Gasteiger partial charge on any atom is -0.466 e. The first-order chi connectivity index (χ1) is 33.2. The topological polar surface area (TPSA) is 175 Å². The Hall–Kier alpha value is -2.64. The standard InChI is InChI=1S/C57H101NO10/c1-3-5-7-9-11-13-23-27-31-35-39-43-50(60)49(48-67-57-56(65)55(64)54(63)51(47-59)68-57)58-52(61)44-40-36-32-28-25-21-19-17-15-16-18-20-22-26-30-34-38-42-46-66-53(62)45-41-37-33-29-24-14-12-10-8-6-4-2/h7,9-10,12,17,19,23,27,39,43,49-51,54-57,59-60,63-65H,3-6,8,11,13-16,18,20-22,24-26,28-38,40-42,44-48H2,1-2H3,(H,58,61)/b9-7+,12-10-,19-17-,27-23+,43-39+. The second-order valence-electron chi connectivity index (χ2n) is 18.9. The summed E-state index contributed by atoms with van der Waals surface area (Å²) >= 11 is 0. The largest absolute Gasteiger partial charge is 0.466 e. The summed E-state index contributed by atoms with van der Waals surface area (Å²) in [7, 11) is 0. The zero-order valence-electron chi connectivity index (χ0n) is 43.0.